The van der Waals surface area contributed by atoms with Crippen LogP contribution < -0.4 is 20.4 Å². The Morgan fingerprint density at radius 1 is 0.576 bits per heavy atom. The standard InChI is InChI=1S/C42H31F5N6O4S2/c1-52(29-4-7-37-33(18-29)48-20-58-37)41(56)35(13-22-9-25(43)16-26(44)10-22)50-39(54)24-3-6-32(47)31(15-24)40(55)51-36(14-23-11-27(45)17-28(46)12-23)42(57)53(2)30-5-8-38-34(19-30)49-21-59-38/h3-12,15-21,35-36H,13-14H2,1-2H3,(H,50,54)(H,51,55)/t35-,36-/m0/s1. The van der Waals surface area contributed by atoms with Crippen LogP contribution in [0.25, 0.3) is 20.4 Å². The number of anilines is 2. The largest absolute Gasteiger partial charge is 0.340 e. The SMILES string of the molecule is CN(C(=O)[C@H](Cc1cc(F)cc(F)c1)NC(=O)c1ccc(F)c(C(=O)N[C@@H](Cc2cc(F)cc(F)c2)C(=O)N(C)c2ccc3scnc3c2)c1)c1ccc2scnc2c1. The fraction of sp³-hybridized carbons (Fsp3) is 0.143. The number of fused-ring (bicyclic) bond motifs is 2. The zero-order chi connectivity index (χ0) is 42.0. The van der Waals surface area contributed by atoms with E-state index in [-0.39, 0.29) is 23.1 Å². The Bertz CT molecular complexity index is 2720. The van der Waals surface area contributed by atoms with Gasteiger partial charge in [0.25, 0.3) is 11.8 Å². The normalized spacial score (nSPS) is 12.3. The summed E-state index contributed by atoms with van der Waals surface area (Å²) in [6.45, 7) is 0. The van der Waals surface area contributed by atoms with Gasteiger partial charge in [-0.2, -0.15) is 0 Å². The number of halogens is 5. The van der Waals surface area contributed by atoms with Gasteiger partial charge >= 0.3 is 0 Å². The first-order chi connectivity index (χ1) is 28.2. The molecule has 0 aliphatic rings. The molecule has 0 aliphatic heterocycles. The van der Waals surface area contributed by atoms with Crippen molar-refractivity contribution < 1.29 is 41.1 Å². The third-order valence-electron chi connectivity index (χ3n) is 9.47. The summed E-state index contributed by atoms with van der Waals surface area (Å²) in [5, 5.41) is 5.02. The predicted octanol–water partition coefficient (Wildman–Crippen LogP) is 7.61. The van der Waals surface area contributed by atoms with E-state index in [4.69, 9.17) is 0 Å². The first-order valence-corrected chi connectivity index (χ1v) is 19.5. The smallest absolute Gasteiger partial charge is 0.254 e. The van der Waals surface area contributed by atoms with E-state index in [1.54, 1.807) is 47.4 Å². The molecule has 59 heavy (non-hydrogen) atoms. The average molecular weight is 843 g/mol. The zero-order valence-electron chi connectivity index (χ0n) is 31.0. The summed E-state index contributed by atoms with van der Waals surface area (Å²) in [5.74, 6) is -8.21. The maximum atomic E-state index is 15.4. The highest BCUT2D eigenvalue weighted by atomic mass is 32.1. The molecule has 0 fully saturated rings. The van der Waals surface area contributed by atoms with E-state index in [1.165, 1.54) is 46.6 Å². The Hall–Kier alpha value is -6.59. The number of hydrogen-bond donors (Lipinski definition) is 2. The summed E-state index contributed by atoms with van der Waals surface area (Å²) < 4.78 is 74.0. The van der Waals surface area contributed by atoms with E-state index >= 15 is 4.39 Å². The van der Waals surface area contributed by atoms with Crippen LogP contribution in [-0.2, 0) is 22.4 Å². The molecule has 2 N–H and O–H groups in total. The molecule has 4 amide bonds. The van der Waals surface area contributed by atoms with Crippen LogP contribution in [-0.4, -0.2) is 59.8 Å². The number of nitrogens with zero attached hydrogens (tertiary/aromatic N) is 4. The number of nitrogens with one attached hydrogen (secondary N) is 2. The molecule has 5 aromatic carbocycles. The van der Waals surface area contributed by atoms with Crippen molar-refractivity contribution >= 4 is 78.1 Å². The van der Waals surface area contributed by atoms with Gasteiger partial charge in [-0.3, -0.25) is 19.2 Å². The third kappa shape index (κ3) is 9.26. The van der Waals surface area contributed by atoms with Crippen molar-refractivity contribution in [1.29, 1.82) is 0 Å². The second kappa shape index (κ2) is 17.1. The Labute approximate surface area is 340 Å². The lowest BCUT2D eigenvalue weighted by molar-refractivity contribution is -0.120. The first-order valence-electron chi connectivity index (χ1n) is 17.8. The molecule has 0 spiro atoms. The minimum absolute atomic E-state index is 0.0171. The molecule has 0 saturated carbocycles. The summed E-state index contributed by atoms with van der Waals surface area (Å²) >= 11 is 2.79. The molecule has 0 aliphatic carbocycles. The number of likely N-dealkylation sites (N-methyl/N-ethyl adjacent to an activating group) is 2. The van der Waals surface area contributed by atoms with Gasteiger partial charge in [-0.25, -0.2) is 31.9 Å². The summed E-state index contributed by atoms with van der Waals surface area (Å²) in [5.41, 5.74) is 4.42. The lowest BCUT2D eigenvalue weighted by Crippen LogP contribution is -2.49. The molecular weight excluding hydrogens is 812 g/mol. The Balaban J connectivity index is 1.15. The maximum Gasteiger partial charge on any atom is 0.254 e. The summed E-state index contributed by atoms with van der Waals surface area (Å²) in [6, 6.07) is 15.4. The highest BCUT2D eigenvalue weighted by molar-refractivity contribution is 7.17. The van der Waals surface area contributed by atoms with E-state index in [9.17, 15) is 36.7 Å². The number of rotatable bonds is 12. The minimum Gasteiger partial charge on any atom is -0.340 e. The highest BCUT2D eigenvalue weighted by Crippen LogP contribution is 2.26. The van der Waals surface area contributed by atoms with Gasteiger partial charge in [-0.1, -0.05) is 0 Å². The van der Waals surface area contributed by atoms with Crippen molar-refractivity contribution in [2.75, 3.05) is 23.9 Å². The third-order valence-corrected chi connectivity index (χ3v) is 11.1. The van der Waals surface area contributed by atoms with Crippen molar-refractivity contribution in [3.63, 3.8) is 0 Å². The molecule has 7 rings (SSSR count). The van der Waals surface area contributed by atoms with Crippen LogP contribution in [0.2, 0.25) is 0 Å². The lowest BCUT2D eigenvalue weighted by atomic mass is 10.0. The molecule has 17 heteroatoms. The fourth-order valence-corrected chi connectivity index (χ4v) is 7.80. The first kappa shape index (κ1) is 40.6. The molecule has 0 bridgehead atoms. The molecule has 2 aromatic heterocycles. The van der Waals surface area contributed by atoms with Crippen LogP contribution in [0.5, 0.6) is 0 Å². The summed E-state index contributed by atoms with van der Waals surface area (Å²) in [7, 11) is 2.88. The van der Waals surface area contributed by atoms with E-state index in [0.29, 0.717) is 34.5 Å². The average Bonchev–Trinajstić information content (AvgIpc) is 3.88. The zero-order valence-corrected chi connectivity index (χ0v) is 32.6. The number of aromatic nitrogens is 2. The highest BCUT2D eigenvalue weighted by Gasteiger charge is 2.30. The van der Waals surface area contributed by atoms with Gasteiger partial charge in [0.2, 0.25) is 11.8 Å². The minimum atomic E-state index is -1.50. The monoisotopic (exact) mass is 842 g/mol. The number of carbonyl (C=O) groups is 4. The van der Waals surface area contributed by atoms with Gasteiger partial charge in [-0.05, 0) is 90.0 Å². The Kier molecular flexibility index (Phi) is 11.8. The van der Waals surface area contributed by atoms with Crippen molar-refractivity contribution in [2.24, 2.45) is 0 Å². The molecule has 300 valence electrons. The van der Waals surface area contributed by atoms with Crippen molar-refractivity contribution in [1.82, 2.24) is 20.6 Å². The fourth-order valence-electron chi connectivity index (χ4n) is 6.48. The number of amides is 4. The summed E-state index contributed by atoms with van der Waals surface area (Å²) in [6.07, 6.45) is -0.762. The van der Waals surface area contributed by atoms with Gasteiger partial charge in [0.15, 0.2) is 0 Å². The van der Waals surface area contributed by atoms with Crippen molar-refractivity contribution in [3.8, 4) is 0 Å². The Morgan fingerprint density at radius 3 is 1.47 bits per heavy atom. The van der Waals surface area contributed by atoms with E-state index < -0.39 is 76.8 Å². The van der Waals surface area contributed by atoms with Crippen LogP contribution in [0, 0.1) is 29.1 Å². The van der Waals surface area contributed by atoms with Gasteiger partial charge in [-0.15, -0.1) is 22.7 Å². The molecule has 2 heterocycles. The Morgan fingerprint density at radius 2 is 1.02 bits per heavy atom. The van der Waals surface area contributed by atoms with E-state index in [2.05, 4.69) is 20.6 Å². The number of hydrogen-bond acceptors (Lipinski definition) is 8. The maximum absolute atomic E-state index is 15.4. The number of carbonyl (C=O) groups excluding carboxylic acids is 4. The van der Waals surface area contributed by atoms with Crippen LogP contribution in [0.1, 0.15) is 31.8 Å². The second-order valence-electron chi connectivity index (χ2n) is 13.5. The van der Waals surface area contributed by atoms with Crippen LogP contribution in [0.3, 0.4) is 0 Å². The van der Waals surface area contributed by atoms with Crippen LogP contribution in [0.4, 0.5) is 33.3 Å². The van der Waals surface area contributed by atoms with Crippen LogP contribution >= 0.6 is 22.7 Å². The second-order valence-corrected chi connectivity index (χ2v) is 15.3. The van der Waals surface area contributed by atoms with E-state index in [1.807, 2.05) is 0 Å². The molecule has 0 unspecified atom stereocenters. The van der Waals surface area contributed by atoms with Gasteiger partial charge in [0.05, 0.1) is 37.0 Å². The van der Waals surface area contributed by atoms with Gasteiger partial charge < -0.3 is 20.4 Å². The number of thiazole rings is 2. The molecule has 7 aromatic rings. The van der Waals surface area contributed by atoms with Crippen molar-refractivity contribution in [3.05, 3.63) is 153 Å². The molecule has 2 atom stereocenters. The molecule has 10 nitrogen and oxygen atoms in total. The van der Waals surface area contributed by atoms with E-state index in [0.717, 1.165) is 51.9 Å². The predicted molar refractivity (Wildman–Crippen MR) is 215 cm³/mol. The lowest BCUT2D eigenvalue weighted by Gasteiger charge is -2.26. The van der Waals surface area contributed by atoms with Gasteiger partial charge in [0.1, 0.15) is 41.2 Å². The topological polar surface area (TPSA) is 125 Å². The van der Waals surface area contributed by atoms with Crippen molar-refractivity contribution in [2.45, 2.75) is 24.9 Å². The number of benzene rings is 5. The molecule has 0 saturated heterocycles. The van der Waals surface area contributed by atoms with Crippen LogP contribution in [0.15, 0.2) is 102 Å². The molecule has 0 radical (unpaired) electrons. The summed E-state index contributed by atoms with van der Waals surface area (Å²) in [4.78, 5) is 66.5. The van der Waals surface area contributed by atoms with Gasteiger partial charge in [0, 0.05) is 56.0 Å². The molecular formula is C42H31F5N6O4S2. The quantitative estimate of drug-likeness (QED) is 0.122.